The Hall–Kier alpha value is -2.46. The maximum absolute atomic E-state index is 10.4. The van der Waals surface area contributed by atoms with Crippen LogP contribution in [0, 0.1) is 17.2 Å². The fraction of sp³-hybridized carbons (Fsp3) is 0.556. The van der Waals surface area contributed by atoms with Gasteiger partial charge < -0.3 is 15.0 Å². The summed E-state index contributed by atoms with van der Waals surface area (Å²) in [6.07, 6.45) is 6.02. The zero-order valence-corrected chi connectivity index (χ0v) is 14.7. The van der Waals surface area contributed by atoms with E-state index in [1.165, 1.54) is 0 Å². The van der Waals surface area contributed by atoms with Gasteiger partial charge in [0.15, 0.2) is 5.82 Å². The van der Waals surface area contributed by atoms with E-state index in [1.54, 1.807) is 12.4 Å². The van der Waals surface area contributed by atoms with E-state index in [0.29, 0.717) is 17.2 Å². The Morgan fingerprint density at radius 1 is 1.32 bits per heavy atom. The van der Waals surface area contributed by atoms with Crippen LogP contribution < -0.4 is 4.90 Å². The number of hydrogen-bond acceptors (Lipinski definition) is 6. The molecule has 1 saturated heterocycles. The SMILES string of the molecule is CCc1nnc(N2CCC(C(O)c3ncc[nH]3)CC2)c(C#N)c1CC. The molecule has 2 aromatic rings. The van der Waals surface area contributed by atoms with E-state index < -0.39 is 6.10 Å². The van der Waals surface area contributed by atoms with Gasteiger partial charge in [0.1, 0.15) is 23.6 Å². The Morgan fingerprint density at radius 2 is 2.08 bits per heavy atom. The minimum atomic E-state index is -0.577. The Kier molecular flexibility index (Phi) is 5.29. The molecule has 7 heteroatoms. The van der Waals surface area contributed by atoms with Gasteiger partial charge in [-0.2, -0.15) is 10.4 Å². The second-order valence-corrected chi connectivity index (χ2v) is 6.39. The first-order valence-corrected chi connectivity index (χ1v) is 8.90. The molecule has 0 aromatic carbocycles. The fourth-order valence-electron chi connectivity index (χ4n) is 3.59. The van der Waals surface area contributed by atoms with Crippen LogP contribution in [0.25, 0.3) is 0 Å². The Labute approximate surface area is 147 Å². The van der Waals surface area contributed by atoms with E-state index in [9.17, 15) is 10.4 Å². The van der Waals surface area contributed by atoms with Crippen molar-refractivity contribution >= 4 is 5.82 Å². The van der Waals surface area contributed by atoms with Crippen LogP contribution in [-0.4, -0.2) is 38.4 Å². The van der Waals surface area contributed by atoms with Crippen molar-refractivity contribution in [1.29, 1.82) is 5.26 Å². The van der Waals surface area contributed by atoms with E-state index in [0.717, 1.165) is 50.0 Å². The van der Waals surface area contributed by atoms with E-state index in [-0.39, 0.29) is 5.92 Å². The van der Waals surface area contributed by atoms with Gasteiger partial charge in [-0.15, -0.1) is 5.10 Å². The zero-order valence-electron chi connectivity index (χ0n) is 14.7. The summed E-state index contributed by atoms with van der Waals surface area (Å²) in [7, 11) is 0. The topological polar surface area (TPSA) is 102 Å². The number of nitrogens with one attached hydrogen (secondary N) is 1. The third kappa shape index (κ3) is 3.35. The van der Waals surface area contributed by atoms with Crippen molar-refractivity contribution in [3.8, 4) is 6.07 Å². The maximum atomic E-state index is 10.4. The van der Waals surface area contributed by atoms with Crippen LogP contribution in [0.15, 0.2) is 12.4 Å². The van der Waals surface area contributed by atoms with Gasteiger partial charge in [0, 0.05) is 25.5 Å². The number of aromatic amines is 1. The summed E-state index contributed by atoms with van der Waals surface area (Å²) in [6, 6.07) is 2.33. The molecule has 1 atom stereocenters. The minimum absolute atomic E-state index is 0.154. The molecule has 0 spiro atoms. The summed E-state index contributed by atoms with van der Waals surface area (Å²) in [6.45, 7) is 5.58. The highest BCUT2D eigenvalue weighted by atomic mass is 16.3. The van der Waals surface area contributed by atoms with Gasteiger partial charge >= 0.3 is 0 Å². The zero-order chi connectivity index (χ0) is 17.8. The molecule has 7 nitrogen and oxygen atoms in total. The first kappa shape index (κ1) is 17.4. The molecular formula is C18H24N6O. The van der Waals surface area contributed by atoms with Crippen molar-refractivity contribution in [3.05, 3.63) is 35.0 Å². The lowest BCUT2D eigenvalue weighted by Gasteiger charge is -2.34. The number of hydrogen-bond donors (Lipinski definition) is 2. The van der Waals surface area contributed by atoms with Gasteiger partial charge in [-0.25, -0.2) is 4.98 Å². The summed E-state index contributed by atoms with van der Waals surface area (Å²) in [5.41, 5.74) is 2.57. The fourth-order valence-corrected chi connectivity index (χ4v) is 3.59. The predicted molar refractivity (Wildman–Crippen MR) is 94.0 cm³/mol. The largest absolute Gasteiger partial charge is 0.385 e. The molecule has 3 rings (SSSR count). The van der Waals surface area contributed by atoms with Crippen molar-refractivity contribution < 1.29 is 5.11 Å². The number of aryl methyl sites for hydroxylation is 1. The van der Waals surface area contributed by atoms with Crippen molar-refractivity contribution in [2.24, 2.45) is 5.92 Å². The number of piperidine rings is 1. The van der Waals surface area contributed by atoms with Gasteiger partial charge in [0.25, 0.3) is 0 Å². The lowest BCUT2D eigenvalue weighted by atomic mass is 9.90. The molecule has 1 unspecified atom stereocenters. The first-order valence-electron chi connectivity index (χ1n) is 8.90. The highest BCUT2D eigenvalue weighted by molar-refractivity contribution is 5.58. The first-order chi connectivity index (χ1) is 12.2. The third-order valence-electron chi connectivity index (χ3n) is 5.02. The minimum Gasteiger partial charge on any atom is -0.385 e. The molecule has 0 radical (unpaired) electrons. The van der Waals surface area contributed by atoms with Crippen molar-refractivity contribution in [2.75, 3.05) is 18.0 Å². The summed E-state index contributed by atoms with van der Waals surface area (Å²) < 4.78 is 0. The van der Waals surface area contributed by atoms with Gasteiger partial charge in [-0.05, 0) is 37.2 Å². The number of aliphatic hydroxyl groups is 1. The van der Waals surface area contributed by atoms with Gasteiger partial charge in [-0.1, -0.05) is 13.8 Å². The number of aliphatic hydroxyl groups excluding tert-OH is 1. The summed E-state index contributed by atoms with van der Waals surface area (Å²) in [5, 5.41) is 28.8. The van der Waals surface area contributed by atoms with E-state index in [4.69, 9.17) is 0 Å². The molecule has 132 valence electrons. The molecule has 0 amide bonds. The third-order valence-corrected chi connectivity index (χ3v) is 5.02. The molecule has 0 saturated carbocycles. The van der Waals surface area contributed by atoms with Crippen molar-refractivity contribution in [2.45, 2.75) is 45.6 Å². The molecule has 2 aromatic heterocycles. The van der Waals surface area contributed by atoms with Crippen LogP contribution in [-0.2, 0) is 12.8 Å². The number of nitriles is 1. The van der Waals surface area contributed by atoms with Crippen LogP contribution in [0.4, 0.5) is 5.82 Å². The highest BCUT2D eigenvalue weighted by Gasteiger charge is 2.29. The monoisotopic (exact) mass is 340 g/mol. The number of rotatable bonds is 5. The lowest BCUT2D eigenvalue weighted by molar-refractivity contribution is 0.0856. The summed E-state index contributed by atoms with van der Waals surface area (Å²) in [4.78, 5) is 9.26. The van der Waals surface area contributed by atoms with Gasteiger partial charge in [0.2, 0.25) is 0 Å². The number of H-pyrrole nitrogens is 1. The quantitative estimate of drug-likeness (QED) is 0.865. The predicted octanol–water partition coefficient (Wildman–Crippen LogP) is 2.15. The Morgan fingerprint density at radius 3 is 2.64 bits per heavy atom. The molecule has 1 aliphatic heterocycles. The van der Waals surface area contributed by atoms with Crippen LogP contribution in [0.5, 0.6) is 0 Å². The lowest BCUT2D eigenvalue weighted by Crippen LogP contribution is -2.37. The second-order valence-electron chi connectivity index (χ2n) is 6.39. The normalized spacial score (nSPS) is 16.6. The van der Waals surface area contributed by atoms with Crippen LogP contribution >= 0.6 is 0 Å². The van der Waals surface area contributed by atoms with Crippen molar-refractivity contribution in [1.82, 2.24) is 20.2 Å². The molecule has 2 N–H and O–H groups in total. The average molecular weight is 340 g/mol. The standard InChI is InChI=1S/C18H24N6O/c1-3-13-14(11-19)18(23-22-15(13)4-2)24-9-5-12(6-10-24)16(25)17-20-7-8-21-17/h7-8,12,16,25H,3-6,9-10H2,1-2H3,(H,20,21). The summed E-state index contributed by atoms with van der Waals surface area (Å²) in [5.74, 6) is 1.46. The molecule has 3 heterocycles. The maximum Gasteiger partial charge on any atom is 0.169 e. The highest BCUT2D eigenvalue weighted by Crippen LogP contribution is 2.32. The van der Waals surface area contributed by atoms with Gasteiger partial charge in [0.05, 0.1) is 5.69 Å². The number of nitrogens with zero attached hydrogens (tertiary/aromatic N) is 5. The molecule has 25 heavy (non-hydrogen) atoms. The molecular weight excluding hydrogens is 316 g/mol. The van der Waals surface area contributed by atoms with E-state index >= 15 is 0 Å². The molecule has 0 bridgehead atoms. The van der Waals surface area contributed by atoms with Crippen molar-refractivity contribution in [3.63, 3.8) is 0 Å². The smallest absolute Gasteiger partial charge is 0.169 e. The average Bonchev–Trinajstić information content (AvgIpc) is 3.21. The molecule has 0 aliphatic carbocycles. The number of anilines is 1. The summed E-state index contributed by atoms with van der Waals surface area (Å²) >= 11 is 0. The Balaban J connectivity index is 1.76. The van der Waals surface area contributed by atoms with E-state index in [1.807, 2.05) is 13.8 Å². The van der Waals surface area contributed by atoms with Gasteiger partial charge in [-0.3, -0.25) is 0 Å². The van der Waals surface area contributed by atoms with Crippen LogP contribution in [0.3, 0.4) is 0 Å². The Bertz CT molecular complexity index is 744. The number of aromatic nitrogens is 4. The van der Waals surface area contributed by atoms with E-state index in [2.05, 4.69) is 31.1 Å². The van der Waals surface area contributed by atoms with Crippen LogP contribution in [0.1, 0.15) is 55.4 Å². The number of imidazole rings is 1. The second kappa shape index (κ2) is 7.62. The molecule has 1 fully saturated rings. The van der Waals surface area contributed by atoms with Crippen LogP contribution in [0.2, 0.25) is 0 Å². The molecule has 1 aliphatic rings.